The number of carbonyl (C=O) groups is 1. The highest BCUT2D eigenvalue weighted by atomic mass is 79.9. The Bertz CT molecular complexity index is 526. The van der Waals surface area contributed by atoms with Gasteiger partial charge >= 0.3 is 6.09 Å². The van der Waals surface area contributed by atoms with Gasteiger partial charge in [0.05, 0.1) is 18.8 Å². The summed E-state index contributed by atoms with van der Waals surface area (Å²) >= 11 is 5.14. The molecule has 0 spiro atoms. The third-order valence-corrected chi connectivity index (χ3v) is 5.43. The average molecular weight is 390 g/mol. The van der Waals surface area contributed by atoms with Crippen LogP contribution in [0.25, 0.3) is 0 Å². The monoisotopic (exact) mass is 389 g/mol. The highest BCUT2D eigenvalue weighted by Crippen LogP contribution is 2.32. The lowest BCUT2D eigenvalue weighted by Gasteiger charge is -2.29. The first kappa shape index (κ1) is 17.8. The first-order chi connectivity index (χ1) is 10.2. The minimum atomic E-state index is -0.460. The first-order valence-electron chi connectivity index (χ1n) is 7.58. The number of amides is 1. The Morgan fingerprint density at radius 1 is 1.50 bits per heavy atom. The maximum atomic E-state index is 12.2. The lowest BCUT2D eigenvalue weighted by Crippen LogP contribution is -2.40. The van der Waals surface area contributed by atoms with Crippen molar-refractivity contribution in [2.45, 2.75) is 58.3 Å². The molecular weight excluding hydrogens is 366 g/mol. The van der Waals surface area contributed by atoms with Crippen LogP contribution in [0.3, 0.4) is 0 Å². The van der Waals surface area contributed by atoms with E-state index >= 15 is 0 Å². The van der Waals surface area contributed by atoms with Gasteiger partial charge in [-0.3, -0.25) is 0 Å². The van der Waals surface area contributed by atoms with E-state index in [2.05, 4.69) is 34.3 Å². The Labute approximate surface area is 144 Å². The SMILES string of the molecule is CCC1(OCc2cc(Br)cs2)CCN(C(=O)OC(C)(C)C)C1. The summed E-state index contributed by atoms with van der Waals surface area (Å²) in [6, 6.07) is 2.08. The van der Waals surface area contributed by atoms with Gasteiger partial charge in [0.1, 0.15) is 5.60 Å². The van der Waals surface area contributed by atoms with Crippen molar-refractivity contribution in [3.05, 3.63) is 20.8 Å². The molecule has 2 rings (SSSR count). The quantitative estimate of drug-likeness (QED) is 0.740. The molecule has 1 aliphatic rings. The molecule has 1 aliphatic heterocycles. The van der Waals surface area contributed by atoms with Gasteiger partial charge in [0, 0.05) is 21.3 Å². The number of thiophene rings is 1. The van der Waals surface area contributed by atoms with Gasteiger partial charge in [-0.2, -0.15) is 0 Å². The predicted molar refractivity (Wildman–Crippen MR) is 92.3 cm³/mol. The van der Waals surface area contributed by atoms with Gasteiger partial charge in [-0.15, -0.1) is 11.3 Å². The van der Waals surface area contributed by atoms with Crippen molar-refractivity contribution in [1.82, 2.24) is 4.90 Å². The predicted octanol–water partition coefficient (Wildman–Crippen LogP) is 4.82. The molecule has 0 aromatic carbocycles. The molecule has 1 unspecified atom stereocenters. The van der Waals surface area contributed by atoms with Crippen LogP contribution in [0.2, 0.25) is 0 Å². The van der Waals surface area contributed by atoms with Crippen LogP contribution >= 0.6 is 27.3 Å². The Kier molecular flexibility index (Phi) is 5.56. The summed E-state index contributed by atoms with van der Waals surface area (Å²) in [6.07, 6.45) is 1.50. The van der Waals surface area contributed by atoms with Crippen molar-refractivity contribution in [2.75, 3.05) is 13.1 Å². The van der Waals surface area contributed by atoms with Crippen LogP contribution in [-0.4, -0.2) is 35.3 Å². The highest BCUT2D eigenvalue weighted by Gasteiger charge is 2.41. The normalized spacial score (nSPS) is 22.1. The molecule has 1 fully saturated rings. The third-order valence-electron chi connectivity index (χ3n) is 3.75. The summed E-state index contributed by atoms with van der Waals surface area (Å²) in [5.41, 5.74) is -0.716. The van der Waals surface area contributed by atoms with Crippen molar-refractivity contribution in [3.63, 3.8) is 0 Å². The second kappa shape index (κ2) is 6.89. The molecule has 22 heavy (non-hydrogen) atoms. The highest BCUT2D eigenvalue weighted by molar-refractivity contribution is 9.10. The molecule has 0 N–H and O–H groups in total. The minimum Gasteiger partial charge on any atom is -0.444 e. The number of nitrogens with zero attached hydrogens (tertiary/aromatic N) is 1. The van der Waals surface area contributed by atoms with Gasteiger partial charge in [-0.1, -0.05) is 6.92 Å². The smallest absolute Gasteiger partial charge is 0.410 e. The average Bonchev–Trinajstić information content (AvgIpc) is 3.02. The molecule has 1 amide bonds. The molecule has 1 aromatic rings. The first-order valence-corrected chi connectivity index (χ1v) is 9.25. The van der Waals surface area contributed by atoms with E-state index in [1.165, 1.54) is 4.88 Å². The van der Waals surface area contributed by atoms with Crippen molar-refractivity contribution < 1.29 is 14.3 Å². The van der Waals surface area contributed by atoms with Crippen molar-refractivity contribution in [3.8, 4) is 0 Å². The Morgan fingerprint density at radius 3 is 2.77 bits per heavy atom. The molecule has 1 atom stereocenters. The van der Waals surface area contributed by atoms with E-state index in [4.69, 9.17) is 9.47 Å². The number of rotatable bonds is 4. The van der Waals surface area contributed by atoms with Gasteiger partial charge in [0.2, 0.25) is 0 Å². The van der Waals surface area contributed by atoms with Crippen molar-refractivity contribution >= 4 is 33.4 Å². The number of halogens is 1. The zero-order chi connectivity index (χ0) is 16.4. The van der Waals surface area contributed by atoms with Gasteiger partial charge in [0.25, 0.3) is 0 Å². The largest absolute Gasteiger partial charge is 0.444 e. The maximum absolute atomic E-state index is 12.2. The summed E-state index contributed by atoms with van der Waals surface area (Å²) in [6.45, 7) is 9.66. The van der Waals surface area contributed by atoms with Crippen molar-refractivity contribution in [1.29, 1.82) is 0 Å². The molecule has 124 valence electrons. The van der Waals surface area contributed by atoms with Gasteiger partial charge in [-0.05, 0) is 55.6 Å². The van der Waals surface area contributed by atoms with Gasteiger partial charge in [-0.25, -0.2) is 4.79 Å². The molecule has 1 aromatic heterocycles. The van der Waals surface area contributed by atoms with E-state index in [9.17, 15) is 4.79 Å². The topological polar surface area (TPSA) is 38.8 Å². The van der Waals surface area contributed by atoms with Crippen LogP contribution in [0.15, 0.2) is 15.9 Å². The fraction of sp³-hybridized carbons (Fsp3) is 0.688. The number of likely N-dealkylation sites (tertiary alicyclic amines) is 1. The zero-order valence-corrected chi connectivity index (χ0v) is 16.1. The van der Waals surface area contributed by atoms with Crippen LogP contribution in [0, 0.1) is 0 Å². The Morgan fingerprint density at radius 2 is 2.23 bits per heavy atom. The van der Waals surface area contributed by atoms with Crippen LogP contribution in [0.1, 0.15) is 45.4 Å². The van der Waals surface area contributed by atoms with Gasteiger partial charge in [0.15, 0.2) is 0 Å². The van der Waals surface area contributed by atoms with E-state index in [1.54, 1.807) is 16.2 Å². The summed E-state index contributed by atoms with van der Waals surface area (Å²) in [7, 11) is 0. The van der Waals surface area contributed by atoms with Crippen LogP contribution < -0.4 is 0 Å². The molecule has 4 nitrogen and oxygen atoms in total. The summed E-state index contributed by atoms with van der Waals surface area (Å²) in [4.78, 5) is 15.1. The zero-order valence-electron chi connectivity index (χ0n) is 13.6. The molecule has 0 aliphatic carbocycles. The molecule has 0 bridgehead atoms. The Hall–Kier alpha value is -0.590. The number of carbonyl (C=O) groups excluding carboxylic acids is 1. The molecule has 0 radical (unpaired) electrons. The summed E-state index contributed by atoms with van der Waals surface area (Å²) in [5, 5.41) is 2.05. The van der Waals surface area contributed by atoms with E-state index in [0.29, 0.717) is 19.7 Å². The maximum Gasteiger partial charge on any atom is 0.410 e. The molecule has 0 saturated carbocycles. The van der Waals surface area contributed by atoms with Gasteiger partial charge < -0.3 is 14.4 Å². The van der Waals surface area contributed by atoms with Crippen LogP contribution in [0.5, 0.6) is 0 Å². The molecule has 2 heterocycles. The van der Waals surface area contributed by atoms with E-state index in [0.717, 1.165) is 17.3 Å². The van der Waals surface area contributed by atoms with E-state index < -0.39 is 5.60 Å². The molecular formula is C16H24BrNO3S. The number of hydrogen-bond acceptors (Lipinski definition) is 4. The fourth-order valence-corrected chi connectivity index (χ4v) is 3.85. The minimum absolute atomic E-state index is 0.245. The second-order valence-corrected chi connectivity index (χ2v) is 8.62. The molecule has 1 saturated heterocycles. The number of hydrogen-bond donors (Lipinski definition) is 0. The third kappa shape index (κ3) is 4.70. The standard InChI is InChI=1S/C16H24BrNO3S/c1-5-16(20-9-13-8-12(17)10-22-13)6-7-18(11-16)14(19)21-15(2,3)4/h8,10H,5-7,9,11H2,1-4H3. The number of ether oxygens (including phenoxy) is 2. The summed E-state index contributed by atoms with van der Waals surface area (Å²) < 4.78 is 12.7. The second-order valence-electron chi connectivity index (χ2n) is 6.71. The molecule has 6 heteroatoms. The summed E-state index contributed by atoms with van der Waals surface area (Å²) in [5.74, 6) is 0. The lowest BCUT2D eigenvalue weighted by atomic mass is 10.00. The Balaban J connectivity index is 1.93. The van der Waals surface area contributed by atoms with E-state index in [1.807, 2.05) is 20.8 Å². The van der Waals surface area contributed by atoms with Crippen LogP contribution in [-0.2, 0) is 16.1 Å². The van der Waals surface area contributed by atoms with E-state index in [-0.39, 0.29) is 11.7 Å². The fourth-order valence-electron chi connectivity index (χ4n) is 2.49. The van der Waals surface area contributed by atoms with Crippen LogP contribution in [0.4, 0.5) is 4.79 Å². The van der Waals surface area contributed by atoms with Crippen molar-refractivity contribution in [2.24, 2.45) is 0 Å². The lowest BCUT2D eigenvalue weighted by molar-refractivity contribution is -0.0517.